The molecular formula is C22H28FN3O. The molecule has 1 saturated heterocycles. The fourth-order valence-corrected chi connectivity index (χ4v) is 3.65. The maximum Gasteiger partial charge on any atom is 0.222 e. The summed E-state index contributed by atoms with van der Waals surface area (Å²) in [5.41, 5.74) is 7.76. The van der Waals surface area contributed by atoms with Gasteiger partial charge in [0.1, 0.15) is 5.82 Å². The Balaban J connectivity index is 1.59. The highest BCUT2D eigenvalue weighted by atomic mass is 19.1. The fourth-order valence-electron chi connectivity index (χ4n) is 3.65. The summed E-state index contributed by atoms with van der Waals surface area (Å²) in [6.07, 6.45) is 2.95. The summed E-state index contributed by atoms with van der Waals surface area (Å²) in [5.74, 6) is -0.364. The molecule has 3 rings (SSSR count). The third-order valence-corrected chi connectivity index (χ3v) is 5.06. The third-order valence-electron chi connectivity index (χ3n) is 5.06. The van der Waals surface area contributed by atoms with Gasteiger partial charge in [0.25, 0.3) is 0 Å². The van der Waals surface area contributed by atoms with Crippen molar-refractivity contribution >= 4 is 5.91 Å². The molecule has 0 spiro atoms. The van der Waals surface area contributed by atoms with Crippen molar-refractivity contribution in [1.82, 2.24) is 10.2 Å². The van der Waals surface area contributed by atoms with Crippen LogP contribution in [0, 0.1) is 5.82 Å². The number of halogens is 1. The van der Waals surface area contributed by atoms with Crippen molar-refractivity contribution in [3.8, 4) is 0 Å². The van der Waals surface area contributed by atoms with E-state index >= 15 is 0 Å². The Morgan fingerprint density at radius 1 is 1.07 bits per heavy atom. The van der Waals surface area contributed by atoms with Crippen LogP contribution in [0.4, 0.5) is 4.39 Å². The van der Waals surface area contributed by atoms with Gasteiger partial charge in [0.2, 0.25) is 5.91 Å². The van der Waals surface area contributed by atoms with Crippen LogP contribution in [0.3, 0.4) is 0 Å². The quantitative estimate of drug-likeness (QED) is 0.752. The predicted octanol–water partition coefficient (Wildman–Crippen LogP) is 3.04. The minimum absolute atomic E-state index is 0.0579. The van der Waals surface area contributed by atoms with E-state index in [2.05, 4.69) is 10.2 Å². The lowest BCUT2D eigenvalue weighted by atomic mass is 10.0. The lowest BCUT2D eigenvalue weighted by molar-refractivity contribution is -0.122. The van der Waals surface area contributed by atoms with Crippen LogP contribution in [0.2, 0.25) is 0 Å². The summed E-state index contributed by atoms with van der Waals surface area (Å²) in [4.78, 5) is 15.0. The number of nitrogens with zero attached hydrogens (tertiary/aromatic N) is 1. The molecule has 0 aromatic heterocycles. The lowest BCUT2D eigenvalue weighted by Crippen LogP contribution is -2.39. The summed E-state index contributed by atoms with van der Waals surface area (Å²) in [6.45, 7) is 2.95. The normalized spacial score (nSPS) is 16.8. The standard InChI is InChI=1S/C22H28FN3O/c23-20-11-5-4-10-18(20)14-19(24)15-22(27)25-21(16-26-12-6-7-13-26)17-8-2-1-3-9-17/h1-5,8-11,19,21H,6-7,12-16,24H2,(H,25,27)/t19-,21?/m1/s1. The molecule has 2 atom stereocenters. The van der Waals surface area contributed by atoms with E-state index in [0.29, 0.717) is 12.0 Å². The molecule has 1 aliphatic heterocycles. The second kappa shape index (κ2) is 9.62. The van der Waals surface area contributed by atoms with Crippen molar-refractivity contribution in [3.63, 3.8) is 0 Å². The zero-order chi connectivity index (χ0) is 19.1. The third kappa shape index (κ3) is 5.88. The van der Waals surface area contributed by atoms with E-state index < -0.39 is 6.04 Å². The van der Waals surface area contributed by atoms with Crippen molar-refractivity contribution < 1.29 is 9.18 Å². The van der Waals surface area contributed by atoms with Gasteiger partial charge in [-0.05, 0) is 49.5 Å². The first-order valence-corrected chi connectivity index (χ1v) is 9.67. The summed E-state index contributed by atoms with van der Waals surface area (Å²) < 4.78 is 13.8. The summed E-state index contributed by atoms with van der Waals surface area (Å²) in [6, 6.07) is 16.1. The van der Waals surface area contributed by atoms with E-state index in [1.807, 2.05) is 30.3 Å². The minimum atomic E-state index is -0.412. The SMILES string of the molecule is N[C@@H](CC(=O)NC(CN1CCCC1)c1ccccc1)Cc1ccccc1F. The molecule has 144 valence electrons. The maximum atomic E-state index is 13.8. The van der Waals surface area contributed by atoms with Crippen LogP contribution in [0.15, 0.2) is 54.6 Å². The number of amides is 1. The van der Waals surface area contributed by atoms with Crippen molar-refractivity contribution in [2.45, 2.75) is 37.8 Å². The number of hydrogen-bond acceptors (Lipinski definition) is 3. The maximum absolute atomic E-state index is 13.8. The van der Waals surface area contributed by atoms with Gasteiger partial charge >= 0.3 is 0 Å². The van der Waals surface area contributed by atoms with E-state index in [1.165, 1.54) is 18.9 Å². The molecule has 1 unspecified atom stereocenters. The molecule has 2 aromatic carbocycles. The first-order valence-electron chi connectivity index (χ1n) is 9.67. The Bertz CT molecular complexity index is 731. The average molecular weight is 369 g/mol. The predicted molar refractivity (Wildman–Crippen MR) is 106 cm³/mol. The van der Waals surface area contributed by atoms with Gasteiger partial charge in [0, 0.05) is 19.0 Å². The van der Waals surface area contributed by atoms with Gasteiger partial charge in [0.05, 0.1) is 6.04 Å². The number of rotatable bonds is 8. The first-order chi connectivity index (χ1) is 13.1. The van der Waals surface area contributed by atoms with E-state index in [4.69, 9.17) is 5.73 Å². The first kappa shape index (κ1) is 19.5. The van der Waals surface area contributed by atoms with Crippen molar-refractivity contribution in [1.29, 1.82) is 0 Å². The smallest absolute Gasteiger partial charge is 0.222 e. The van der Waals surface area contributed by atoms with Gasteiger partial charge in [-0.1, -0.05) is 48.5 Å². The molecule has 4 nitrogen and oxygen atoms in total. The van der Waals surface area contributed by atoms with Crippen LogP contribution in [0.1, 0.15) is 36.4 Å². The van der Waals surface area contributed by atoms with Crippen LogP contribution in [0.5, 0.6) is 0 Å². The molecule has 3 N–H and O–H groups in total. The van der Waals surface area contributed by atoms with E-state index in [9.17, 15) is 9.18 Å². The summed E-state index contributed by atoms with van der Waals surface area (Å²) >= 11 is 0. The molecule has 5 heteroatoms. The van der Waals surface area contributed by atoms with Crippen molar-refractivity contribution in [3.05, 3.63) is 71.5 Å². The highest BCUT2D eigenvalue weighted by molar-refractivity contribution is 5.77. The molecule has 1 fully saturated rings. The van der Waals surface area contributed by atoms with E-state index in [0.717, 1.165) is 25.2 Å². The molecule has 1 aliphatic rings. The van der Waals surface area contributed by atoms with E-state index in [1.54, 1.807) is 18.2 Å². The zero-order valence-electron chi connectivity index (χ0n) is 15.6. The molecule has 2 aromatic rings. The Morgan fingerprint density at radius 2 is 1.74 bits per heavy atom. The van der Waals surface area contributed by atoms with Crippen molar-refractivity contribution in [2.24, 2.45) is 5.73 Å². The molecule has 0 bridgehead atoms. The molecule has 0 radical (unpaired) electrons. The molecule has 0 saturated carbocycles. The second-order valence-corrected chi connectivity index (χ2v) is 7.30. The van der Waals surface area contributed by atoms with Crippen LogP contribution in [-0.2, 0) is 11.2 Å². The van der Waals surface area contributed by atoms with Gasteiger partial charge in [-0.15, -0.1) is 0 Å². The van der Waals surface area contributed by atoms with Gasteiger partial charge in [0.15, 0.2) is 0 Å². The number of benzene rings is 2. The highest BCUT2D eigenvalue weighted by Crippen LogP contribution is 2.18. The molecule has 1 amide bonds. The average Bonchev–Trinajstić information content (AvgIpc) is 3.17. The molecule has 1 heterocycles. The monoisotopic (exact) mass is 369 g/mol. The number of likely N-dealkylation sites (tertiary alicyclic amines) is 1. The van der Waals surface area contributed by atoms with Crippen LogP contribution < -0.4 is 11.1 Å². The zero-order valence-corrected chi connectivity index (χ0v) is 15.6. The summed E-state index contributed by atoms with van der Waals surface area (Å²) in [7, 11) is 0. The number of hydrogen-bond donors (Lipinski definition) is 2. The second-order valence-electron chi connectivity index (χ2n) is 7.30. The van der Waals surface area contributed by atoms with Crippen LogP contribution in [-0.4, -0.2) is 36.5 Å². The number of nitrogens with one attached hydrogen (secondary N) is 1. The number of carbonyl (C=O) groups excluding carboxylic acids is 1. The van der Waals surface area contributed by atoms with Gasteiger partial charge < -0.3 is 16.0 Å². The van der Waals surface area contributed by atoms with Crippen LogP contribution >= 0.6 is 0 Å². The fraction of sp³-hybridized carbons (Fsp3) is 0.409. The largest absolute Gasteiger partial charge is 0.348 e. The van der Waals surface area contributed by atoms with E-state index in [-0.39, 0.29) is 24.2 Å². The summed E-state index contributed by atoms with van der Waals surface area (Å²) in [5, 5.41) is 3.14. The molecule has 27 heavy (non-hydrogen) atoms. The highest BCUT2D eigenvalue weighted by Gasteiger charge is 2.21. The van der Waals surface area contributed by atoms with Crippen LogP contribution in [0.25, 0.3) is 0 Å². The molecular weight excluding hydrogens is 341 g/mol. The Morgan fingerprint density at radius 3 is 2.44 bits per heavy atom. The van der Waals surface area contributed by atoms with Gasteiger partial charge in [-0.25, -0.2) is 4.39 Å². The van der Waals surface area contributed by atoms with Crippen molar-refractivity contribution in [2.75, 3.05) is 19.6 Å². The number of carbonyl (C=O) groups is 1. The molecule has 0 aliphatic carbocycles. The minimum Gasteiger partial charge on any atom is -0.348 e. The number of nitrogens with two attached hydrogens (primary N) is 1. The Kier molecular flexibility index (Phi) is 6.96. The Labute approximate surface area is 160 Å². The topological polar surface area (TPSA) is 58.4 Å². The van der Waals surface area contributed by atoms with Gasteiger partial charge in [-0.3, -0.25) is 4.79 Å². The Hall–Kier alpha value is -2.24. The van der Waals surface area contributed by atoms with Gasteiger partial charge in [-0.2, -0.15) is 0 Å². The lowest BCUT2D eigenvalue weighted by Gasteiger charge is -2.25.